The van der Waals surface area contributed by atoms with Crippen LogP contribution >= 0.6 is 11.3 Å². The Morgan fingerprint density at radius 1 is 1.13 bits per heavy atom. The van der Waals surface area contributed by atoms with E-state index in [1.807, 2.05) is 0 Å². The van der Waals surface area contributed by atoms with Gasteiger partial charge in [-0.3, -0.25) is 9.59 Å². The van der Waals surface area contributed by atoms with E-state index < -0.39 is 34.5 Å². The van der Waals surface area contributed by atoms with Crippen LogP contribution in [0.3, 0.4) is 0 Å². The van der Waals surface area contributed by atoms with Crippen molar-refractivity contribution in [3.63, 3.8) is 0 Å². The molecule has 0 radical (unpaired) electrons. The van der Waals surface area contributed by atoms with Gasteiger partial charge in [0, 0.05) is 0 Å². The van der Waals surface area contributed by atoms with Crippen LogP contribution in [0.15, 0.2) is 29.8 Å². The summed E-state index contributed by atoms with van der Waals surface area (Å²) in [5.41, 5.74) is -0.180. The van der Waals surface area contributed by atoms with E-state index in [0.717, 1.165) is 5.51 Å². The SMILES string of the molecule is O=C(ON1C(=O)c2ccccc2C1=O)c1ncsc1C(F)(F)F. The predicted molar refractivity (Wildman–Crippen MR) is 69.5 cm³/mol. The van der Waals surface area contributed by atoms with Crippen LogP contribution in [0.2, 0.25) is 0 Å². The van der Waals surface area contributed by atoms with Crippen molar-refractivity contribution < 1.29 is 32.4 Å². The molecule has 0 saturated heterocycles. The van der Waals surface area contributed by atoms with Crippen molar-refractivity contribution in [1.82, 2.24) is 10.0 Å². The lowest BCUT2D eigenvalue weighted by Gasteiger charge is -2.12. The molecule has 3 rings (SSSR count). The molecule has 1 aliphatic rings. The first-order valence-electron chi connectivity index (χ1n) is 6.01. The van der Waals surface area contributed by atoms with Gasteiger partial charge < -0.3 is 4.84 Å². The van der Waals surface area contributed by atoms with Crippen molar-refractivity contribution in [1.29, 1.82) is 0 Å². The van der Waals surface area contributed by atoms with Gasteiger partial charge in [-0.1, -0.05) is 17.2 Å². The number of nitrogens with zero attached hydrogens (tertiary/aromatic N) is 2. The summed E-state index contributed by atoms with van der Waals surface area (Å²) in [7, 11) is 0. The Morgan fingerprint density at radius 2 is 1.70 bits per heavy atom. The number of hydrogen-bond acceptors (Lipinski definition) is 6. The average molecular weight is 342 g/mol. The van der Waals surface area contributed by atoms with Crippen LogP contribution in [0.5, 0.6) is 0 Å². The van der Waals surface area contributed by atoms with Gasteiger partial charge in [-0.2, -0.15) is 13.2 Å². The summed E-state index contributed by atoms with van der Waals surface area (Å²) in [5, 5.41) is 0.131. The maximum absolute atomic E-state index is 12.7. The molecule has 0 atom stereocenters. The summed E-state index contributed by atoms with van der Waals surface area (Å²) in [6.07, 6.45) is -4.79. The minimum atomic E-state index is -4.79. The molecule has 2 aromatic rings. The number of fused-ring (bicyclic) bond motifs is 1. The first kappa shape index (κ1) is 15.2. The number of rotatable bonds is 2. The Bertz CT molecular complexity index is 796. The first-order valence-corrected chi connectivity index (χ1v) is 6.89. The van der Waals surface area contributed by atoms with Crippen LogP contribution in [0.1, 0.15) is 36.1 Å². The standard InChI is InChI=1S/C13H5F3N2O4S/c14-13(15,16)9-8(17-5-23-9)12(21)22-18-10(19)6-3-1-2-4-7(6)11(18)20/h1-5H. The lowest BCUT2D eigenvalue weighted by atomic mass is 10.1. The van der Waals surface area contributed by atoms with E-state index in [1.165, 1.54) is 24.3 Å². The van der Waals surface area contributed by atoms with E-state index >= 15 is 0 Å². The van der Waals surface area contributed by atoms with Gasteiger partial charge in [0.15, 0.2) is 5.69 Å². The van der Waals surface area contributed by atoms with Crippen molar-refractivity contribution in [2.45, 2.75) is 6.18 Å². The molecule has 10 heteroatoms. The number of hydrogen-bond donors (Lipinski definition) is 0. The highest BCUT2D eigenvalue weighted by molar-refractivity contribution is 7.10. The average Bonchev–Trinajstić information content (AvgIpc) is 3.08. The normalized spacial score (nSPS) is 14.1. The lowest BCUT2D eigenvalue weighted by molar-refractivity contribution is -0.135. The molecule has 0 fully saturated rings. The fourth-order valence-electron chi connectivity index (χ4n) is 1.97. The number of aromatic nitrogens is 1. The summed E-state index contributed by atoms with van der Waals surface area (Å²) in [5.74, 6) is -3.39. The number of thiazole rings is 1. The Labute approximate surface area is 130 Å². The molecule has 1 aromatic carbocycles. The van der Waals surface area contributed by atoms with Gasteiger partial charge in [-0.05, 0) is 12.1 Å². The third kappa shape index (κ3) is 2.46. The molecular weight excluding hydrogens is 337 g/mol. The zero-order valence-electron chi connectivity index (χ0n) is 11.0. The van der Waals surface area contributed by atoms with Crippen molar-refractivity contribution in [3.8, 4) is 0 Å². The molecule has 0 saturated carbocycles. The molecule has 6 nitrogen and oxygen atoms in total. The molecule has 0 N–H and O–H groups in total. The van der Waals surface area contributed by atoms with Gasteiger partial charge in [0.1, 0.15) is 4.88 Å². The Kier molecular flexibility index (Phi) is 3.40. The van der Waals surface area contributed by atoms with Crippen LogP contribution in [-0.4, -0.2) is 27.8 Å². The maximum Gasteiger partial charge on any atom is 0.428 e. The highest BCUT2D eigenvalue weighted by atomic mass is 32.1. The second-order valence-electron chi connectivity index (χ2n) is 4.36. The smallest absolute Gasteiger partial charge is 0.322 e. The summed E-state index contributed by atoms with van der Waals surface area (Å²) in [6, 6.07) is 5.68. The van der Waals surface area contributed by atoms with Crippen LogP contribution in [0.4, 0.5) is 13.2 Å². The molecule has 0 unspecified atom stereocenters. The number of carbonyl (C=O) groups is 3. The van der Waals surface area contributed by atoms with E-state index in [0.29, 0.717) is 0 Å². The number of halogens is 3. The molecule has 118 valence electrons. The van der Waals surface area contributed by atoms with Crippen molar-refractivity contribution in [3.05, 3.63) is 51.5 Å². The molecule has 2 amide bonds. The largest absolute Gasteiger partial charge is 0.428 e. The highest BCUT2D eigenvalue weighted by Crippen LogP contribution is 2.35. The fourth-order valence-corrected chi connectivity index (χ4v) is 2.61. The summed E-state index contributed by atoms with van der Waals surface area (Å²) >= 11 is 0.206. The summed E-state index contributed by atoms with van der Waals surface area (Å²) < 4.78 is 38.2. The maximum atomic E-state index is 12.7. The van der Waals surface area contributed by atoms with E-state index in [4.69, 9.17) is 0 Å². The van der Waals surface area contributed by atoms with Crippen LogP contribution < -0.4 is 0 Å². The van der Waals surface area contributed by atoms with Gasteiger partial charge >= 0.3 is 12.1 Å². The third-order valence-corrected chi connectivity index (χ3v) is 3.82. The number of alkyl halides is 3. The van der Waals surface area contributed by atoms with Crippen LogP contribution in [0, 0.1) is 0 Å². The van der Waals surface area contributed by atoms with Gasteiger partial charge in [0.2, 0.25) is 0 Å². The van der Waals surface area contributed by atoms with Crippen molar-refractivity contribution >= 4 is 29.1 Å². The van der Waals surface area contributed by atoms with E-state index in [-0.39, 0.29) is 27.5 Å². The minimum Gasteiger partial charge on any atom is -0.322 e. The van der Waals surface area contributed by atoms with Crippen LogP contribution in [0.25, 0.3) is 0 Å². The molecule has 1 aromatic heterocycles. The number of benzene rings is 1. The van der Waals surface area contributed by atoms with E-state index in [1.54, 1.807) is 0 Å². The van der Waals surface area contributed by atoms with Crippen molar-refractivity contribution in [2.24, 2.45) is 0 Å². The molecule has 0 aliphatic carbocycles. The summed E-state index contributed by atoms with van der Waals surface area (Å²) in [4.78, 5) is 42.4. The zero-order valence-corrected chi connectivity index (χ0v) is 11.8. The zero-order chi connectivity index (χ0) is 16.8. The van der Waals surface area contributed by atoms with Crippen molar-refractivity contribution in [2.75, 3.05) is 0 Å². The lowest BCUT2D eigenvalue weighted by Crippen LogP contribution is -2.33. The molecule has 1 aliphatic heterocycles. The number of hydroxylamine groups is 2. The Hall–Kier alpha value is -2.75. The Morgan fingerprint density at radius 3 is 2.22 bits per heavy atom. The second-order valence-corrected chi connectivity index (χ2v) is 5.21. The van der Waals surface area contributed by atoms with Crippen LogP contribution in [-0.2, 0) is 11.0 Å². The second kappa shape index (κ2) is 5.16. The molecular formula is C13H5F3N2O4S. The number of carbonyl (C=O) groups excluding carboxylic acids is 3. The predicted octanol–water partition coefficient (Wildman–Crippen LogP) is 2.53. The molecule has 23 heavy (non-hydrogen) atoms. The quantitative estimate of drug-likeness (QED) is 0.784. The molecule has 0 spiro atoms. The molecule has 2 heterocycles. The van der Waals surface area contributed by atoms with Gasteiger partial charge in [0.25, 0.3) is 11.8 Å². The number of amides is 2. The first-order chi connectivity index (χ1) is 10.8. The van der Waals surface area contributed by atoms with E-state index in [9.17, 15) is 27.6 Å². The van der Waals surface area contributed by atoms with Gasteiger partial charge in [-0.15, -0.1) is 11.3 Å². The molecule has 0 bridgehead atoms. The summed E-state index contributed by atoms with van der Waals surface area (Å²) in [6.45, 7) is 0. The third-order valence-electron chi connectivity index (χ3n) is 2.95. The number of imide groups is 1. The monoisotopic (exact) mass is 342 g/mol. The van der Waals surface area contributed by atoms with Gasteiger partial charge in [-0.25, -0.2) is 9.78 Å². The minimum absolute atomic E-state index is 0.000349. The Balaban J connectivity index is 1.87. The highest BCUT2D eigenvalue weighted by Gasteiger charge is 2.42. The topological polar surface area (TPSA) is 76.6 Å². The fraction of sp³-hybridized carbons (Fsp3) is 0.0769. The van der Waals surface area contributed by atoms with E-state index in [2.05, 4.69) is 9.82 Å². The van der Waals surface area contributed by atoms with Gasteiger partial charge in [0.05, 0.1) is 16.6 Å².